The lowest BCUT2D eigenvalue weighted by Gasteiger charge is -2.18. The van der Waals surface area contributed by atoms with Crippen LogP contribution in [0.25, 0.3) is 10.9 Å². The van der Waals surface area contributed by atoms with Crippen molar-refractivity contribution in [1.82, 2.24) is 9.97 Å². The Kier molecular flexibility index (Phi) is 3.65. The second-order valence-electron chi connectivity index (χ2n) is 4.69. The van der Waals surface area contributed by atoms with Gasteiger partial charge in [-0.2, -0.15) is 0 Å². The van der Waals surface area contributed by atoms with Crippen molar-refractivity contribution >= 4 is 32.7 Å². The molecule has 100 valence electrons. The standard InChI is InChI=1S/C16H14BrN3/c1-20(11-12-7-9-18-10-8-12)15-6-5-13-3-2-4-14(17)16(13)19-15/h2-10H,11H2,1H3. The second-order valence-corrected chi connectivity index (χ2v) is 5.55. The molecule has 0 N–H and O–H groups in total. The van der Waals surface area contributed by atoms with E-state index in [1.807, 2.05) is 43.7 Å². The third-order valence-corrected chi connectivity index (χ3v) is 3.86. The highest BCUT2D eigenvalue weighted by Gasteiger charge is 2.06. The van der Waals surface area contributed by atoms with Crippen molar-refractivity contribution in [1.29, 1.82) is 0 Å². The molecule has 4 heteroatoms. The number of hydrogen-bond acceptors (Lipinski definition) is 3. The maximum absolute atomic E-state index is 4.73. The number of hydrogen-bond donors (Lipinski definition) is 0. The summed E-state index contributed by atoms with van der Waals surface area (Å²) in [6, 6.07) is 14.3. The minimum absolute atomic E-state index is 0.811. The Morgan fingerprint density at radius 1 is 1.05 bits per heavy atom. The molecule has 3 nitrogen and oxygen atoms in total. The summed E-state index contributed by atoms with van der Waals surface area (Å²) < 4.78 is 1.02. The minimum Gasteiger partial charge on any atom is -0.355 e. The van der Waals surface area contributed by atoms with Gasteiger partial charge in [0.05, 0.1) is 5.52 Å². The second kappa shape index (κ2) is 5.59. The predicted molar refractivity (Wildman–Crippen MR) is 85.8 cm³/mol. The van der Waals surface area contributed by atoms with Crippen molar-refractivity contribution in [3.05, 3.63) is 64.9 Å². The van der Waals surface area contributed by atoms with E-state index in [0.29, 0.717) is 0 Å². The van der Waals surface area contributed by atoms with E-state index >= 15 is 0 Å². The molecule has 0 fully saturated rings. The lowest BCUT2D eigenvalue weighted by molar-refractivity contribution is 0.900. The largest absolute Gasteiger partial charge is 0.355 e. The number of nitrogens with zero attached hydrogens (tertiary/aromatic N) is 3. The average Bonchev–Trinajstić information content (AvgIpc) is 2.48. The minimum atomic E-state index is 0.811. The van der Waals surface area contributed by atoms with Gasteiger partial charge in [0.15, 0.2) is 0 Å². The van der Waals surface area contributed by atoms with Gasteiger partial charge < -0.3 is 4.90 Å². The SMILES string of the molecule is CN(Cc1ccncc1)c1ccc2cccc(Br)c2n1. The van der Waals surface area contributed by atoms with Crippen LogP contribution in [0.5, 0.6) is 0 Å². The fourth-order valence-electron chi connectivity index (χ4n) is 2.16. The number of pyridine rings is 2. The Bertz CT molecular complexity index is 728. The van der Waals surface area contributed by atoms with E-state index in [0.717, 1.165) is 27.7 Å². The van der Waals surface area contributed by atoms with E-state index in [9.17, 15) is 0 Å². The summed E-state index contributed by atoms with van der Waals surface area (Å²) in [4.78, 5) is 10.9. The third-order valence-electron chi connectivity index (χ3n) is 3.22. The summed E-state index contributed by atoms with van der Waals surface area (Å²) in [7, 11) is 2.05. The highest BCUT2D eigenvalue weighted by atomic mass is 79.9. The molecule has 2 aromatic heterocycles. The molecule has 0 saturated carbocycles. The van der Waals surface area contributed by atoms with E-state index < -0.39 is 0 Å². The molecule has 3 aromatic rings. The molecule has 0 spiro atoms. The van der Waals surface area contributed by atoms with E-state index in [1.54, 1.807) is 0 Å². The van der Waals surface area contributed by atoms with Gasteiger partial charge >= 0.3 is 0 Å². The summed E-state index contributed by atoms with van der Waals surface area (Å²) in [6.07, 6.45) is 3.63. The van der Waals surface area contributed by atoms with Gasteiger partial charge in [0.2, 0.25) is 0 Å². The van der Waals surface area contributed by atoms with Crippen LogP contribution in [0, 0.1) is 0 Å². The van der Waals surface area contributed by atoms with Crippen LogP contribution in [0.3, 0.4) is 0 Å². The van der Waals surface area contributed by atoms with E-state index in [2.05, 4.69) is 44.0 Å². The summed E-state index contributed by atoms with van der Waals surface area (Å²) in [5, 5.41) is 1.14. The lowest BCUT2D eigenvalue weighted by Crippen LogP contribution is -2.17. The number of benzene rings is 1. The molecular weight excluding hydrogens is 314 g/mol. The van der Waals surface area contributed by atoms with Crippen molar-refractivity contribution in [3.63, 3.8) is 0 Å². The molecule has 1 aromatic carbocycles. The van der Waals surface area contributed by atoms with E-state index in [-0.39, 0.29) is 0 Å². The molecule has 3 rings (SSSR count). The van der Waals surface area contributed by atoms with Gasteiger partial charge in [-0.3, -0.25) is 4.98 Å². The highest BCUT2D eigenvalue weighted by Crippen LogP contribution is 2.24. The number of rotatable bonds is 3. The first-order chi connectivity index (χ1) is 9.74. The molecule has 0 amide bonds. The van der Waals surface area contributed by atoms with E-state index in [1.165, 1.54) is 5.56 Å². The molecule has 0 aliphatic heterocycles. The molecule has 0 unspecified atom stereocenters. The Morgan fingerprint density at radius 2 is 1.85 bits per heavy atom. The topological polar surface area (TPSA) is 29.0 Å². The van der Waals surface area contributed by atoms with Crippen LogP contribution in [0.1, 0.15) is 5.56 Å². The zero-order valence-corrected chi connectivity index (χ0v) is 12.7. The van der Waals surface area contributed by atoms with Crippen LogP contribution in [-0.4, -0.2) is 17.0 Å². The monoisotopic (exact) mass is 327 g/mol. The first-order valence-corrected chi connectivity index (χ1v) is 7.18. The third kappa shape index (κ3) is 2.65. The highest BCUT2D eigenvalue weighted by molar-refractivity contribution is 9.10. The first-order valence-electron chi connectivity index (χ1n) is 6.39. The van der Waals surface area contributed by atoms with Gasteiger partial charge in [-0.25, -0.2) is 4.98 Å². The molecule has 0 aliphatic rings. The van der Waals surface area contributed by atoms with Crippen molar-refractivity contribution in [2.45, 2.75) is 6.54 Å². The number of para-hydroxylation sites is 1. The van der Waals surface area contributed by atoms with Gasteiger partial charge in [0.1, 0.15) is 5.82 Å². The van der Waals surface area contributed by atoms with E-state index in [4.69, 9.17) is 4.98 Å². The molecular formula is C16H14BrN3. The summed E-state index contributed by atoms with van der Waals surface area (Å²) >= 11 is 3.56. The number of anilines is 1. The Balaban J connectivity index is 1.92. The maximum atomic E-state index is 4.73. The average molecular weight is 328 g/mol. The molecule has 0 saturated heterocycles. The van der Waals surface area contributed by atoms with Gasteiger partial charge in [-0.15, -0.1) is 0 Å². The van der Waals surface area contributed by atoms with Gasteiger partial charge in [-0.1, -0.05) is 12.1 Å². The zero-order valence-electron chi connectivity index (χ0n) is 11.1. The molecule has 0 bridgehead atoms. The summed E-state index contributed by atoms with van der Waals surface area (Å²) in [5.41, 5.74) is 2.21. The van der Waals surface area contributed by atoms with Gasteiger partial charge in [-0.05, 0) is 51.8 Å². The van der Waals surface area contributed by atoms with Gasteiger partial charge in [0.25, 0.3) is 0 Å². The molecule has 0 aliphatic carbocycles. The van der Waals surface area contributed by atoms with Crippen molar-refractivity contribution in [2.75, 3.05) is 11.9 Å². The van der Waals surface area contributed by atoms with Crippen LogP contribution >= 0.6 is 15.9 Å². The molecule has 0 radical (unpaired) electrons. The maximum Gasteiger partial charge on any atom is 0.129 e. The van der Waals surface area contributed by atoms with Crippen molar-refractivity contribution in [2.24, 2.45) is 0 Å². The first kappa shape index (κ1) is 13.1. The van der Waals surface area contributed by atoms with Gasteiger partial charge in [0, 0.05) is 35.8 Å². The van der Waals surface area contributed by atoms with Crippen molar-refractivity contribution < 1.29 is 0 Å². The van der Waals surface area contributed by atoms with Crippen LogP contribution in [-0.2, 0) is 6.54 Å². The lowest BCUT2D eigenvalue weighted by atomic mass is 10.2. The molecule has 0 atom stereocenters. The quantitative estimate of drug-likeness (QED) is 0.727. The zero-order chi connectivity index (χ0) is 13.9. The summed E-state index contributed by atoms with van der Waals surface area (Å²) in [6.45, 7) is 0.811. The van der Waals surface area contributed by atoms with Crippen LogP contribution < -0.4 is 4.90 Å². The fourth-order valence-corrected chi connectivity index (χ4v) is 2.63. The van der Waals surface area contributed by atoms with Crippen LogP contribution in [0.2, 0.25) is 0 Å². The molecule has 2 heterocycles. The smallest absolute Gasteiger partial charge is 0.129 e. The normalized spacial score (nSPS) is 10.7. The van der Waals surface area contributed by atoms with Crippen LogP contribution in [0.15, 0.2) is 59.3 Å². The Labute approximate surface area is 126 Å². The number of halogens is 1. The number of aromatic nitrogens is 2. The Morgan fingerprint density at radius 3 is 2.65 bits per heavy atom. The Hall–Kier alpha value is -1.94. The van der Waals surface area contributed by atoms with Crippen LogP contribution in [0.4, 0.5) is 5.82 Å². The predicted octanol–water partition coefficient (Wildman–Crippen LogP) is 4.03. The van der Waals surface area contributed by atoms with Crippen molar-refractivity contribution in [3.8, 4) is 0 Å². The fraction of sp³-hybridized carbons (Fsp3) is 0.125. The number of fused-ring (bicyclic) bond motifs is 1. The summed E-state index contributed by atoms with van der Waals surface area (Å²) in [5.74, 6) is 0.959. The molecule has 20 heavy (non-hydrogen) atoms.